The summed E-state index contributed by atoms with van der Waals surface area (Å²) in [6.07, 6.45) is 8.38. The number of likely N-dealkylation sites (N-methyl/N-ethyl adjacent to an activating group) is 1. The Labute approximate surface area is 280 Å². The highest BCUT2D eigenvalue weighted by Gasteiger charge is 2.23. The van der Waals surface area contributed by atoms with Crippen molar-refractivity contribution in [2.75, 3.05) is 31.3 Å². The molecule has 2 heterocycles. The summed E-state index contributed by atoms with van der Waals surface area (Å²) >= 11 is 6.50. The van der Waals surface area contributed by atoms with Crippen LogP contribution in [0.1, 0.15) is 41.6 Å². The fraction of sp³-hybridized carbons (Fsp3) is 0.278. The first-order chi connectivity index (χ1) is 22.7. The maximum atomic E-state index is 13.5. The number of aromatic nitrogens is 2. The van der Waals surface area contributed by atoms with Gasteiger partial charge in [-0.25, -0.2) is 14.4 Å². The molecular formula is C36H41ClFN7O2. The van der Waals surface area contributed by atoms with E-state index in [9.17, 15) is 14.0 Å². The summed E-state index contributed by atoms with van der Waals surface area (Å²) in [6.45, 7) is 1.21. The molecule has 1 fully saturated rings. The summed E-state index contributed by atoms with van der Waals surface area (Å²) in [6, 6.07) is 23.8. The van der Waals surface area contributed by atoms with Crippen LogP contribution in [0.2, 0.25) is 5.02 Å². The Kier molecular flexibility index (Phi) is 13.3. The molecule has 0 unspecified atom stereocenters. The second-order valence-corrected chi connectivity index (χ2v) is 11.9. The second kappa shape index (κ2) is 17.8. The van der Waals surface area contributed by atoms with E-state index in [1.807, 2.05) is 79.7 Å². The number of carbonyl (C=O) groups is 2. The first kappa shape index (κ1) is 35.1. The average molecular weight is 658 g/mol. The van der Waals surface area contributed by atoms with E-state index in [1.165, 1.54) is 18.2 Å². The highest BCUT2D eigenvalue weighted by Crippen LogP contribution is 2.30. The molecule has 5 rings (SSSR count). The molecule has 2 amide bonds. The van der Waals surface area contributed by atoms with Gasteiger partial charge in [-0.3, -0.25) is 9.59 Å². The van der Waals surface area contributed by atoms with E-state index in [2.05, 4.69) is 20.9 Å². The summed E-state index contributed by atoms with van der Waals surface area (Å²) in [5.41, 5.74) is 7.85. The fourth-order valence-electron chi connectivity index (χ4n) is 5.07. The molecule has 1 aliphatic rings. The van der Waals surface area contributed by atoms with Gasteiger partial charge in [-0.2, -0.15) is 0 Å². The van der Waals surface area contributed by atoms with Crippen LogP contribution in [0.25, 0.3) is 11.3 Å². The molecule has 4 aromatic rings. The number of amides is 2. The zero-order valence-corrected chi connectivity index (χ0v) is 27.4. The van der Waals surface area contributed by atoms with E-state index in [0.717, 1.165) is 54.9 Å². The van der Waals surface area contributed by atoms with Gasteiger partial charge in [-0.1, -0.05) is 54.1 Å². The topological polar surface area (TPSA) is 125 Å². The molecule has 0 saturated heterocycles. The van der Waals surface area contributed by atoms with Crippen LogP contribution in [0.3, 0.4) is 0 Å². The van der Waals surface area contributed by atoms with Gasteiger partial charge in [-0.15, -0.1) is 0 Å². The van der Waals surface area contributed by atoms with Gasteiger partial charge in [0.15, 0.2) is 0 Å². The van der Waals surface area contributed by atoms with E-state index in [-0.39, 0.29) is 23.8 Å². The SMILES string of the molecule is CN(C)C/C=C/C(N)=O.O=C(N[C@H]1CC[C@H](Nc2cc(-c3cccc(NCc4cccc(F)c4)n3)c(Cl)cn2)CC1)c1ccccc1. The molecule has 9 nitrogen and oxygen atoms in total. The number of hydrogen-bond donors (Lipinski definition) is 4. The minimum absolute atomic E-state index is 0.0221. The Morgan fingerprint density at radius 1 is 0.957 bits per heavy atom. The van der Waals surface area contributed by atoms with Gasteiger partial charge in [0, 0.05) is 42.5 Å². The van der Waals surface area contributed by atoms with Crippen molar-refractivity contribution in [3.05, 3.63) is 119 Å². The van der Waals surface area contributed by atoms with Crippen LogP contribution in [0.5, 0.6) is 0 Å². The molecule has 1 saturated carbocycles. The van der Waals surface area contributed by atoms with Crippen LogP contribution in [0.4, 0.5) is 16.0 Å². The predicted molar refractivity (Wildman–Crippen MR) is 187 cm³/mol. The molecule has 0 spiro atoms. The summed E-state index contributed by atoms with van der Waals surface area (Å²) in [4.78, 5) is 33.7. The van der Waals surface area contributed by atoms with E-state index >= 15 is 0 Å². The summed E-state index contributed by atoms with van der Waals surface area (Å²) in [5.74, 6) is 0.731. The zero-order chi connectivity index (χ0) is 33.6. The number of nitrogens with one attached hydrogen (secondary N) is 3. The quantitative estimate of drug-likeness (QED) is 0.140. The number of nitrogens with zero attached hydrogens (tertiary/aromatic N) is 3. The third-order valence-corrected chi connectivity index (χ3v) is 7.75. The molecule has 1 aliphatic carbocycles. The highest BCUT2D eigenvalue weighted by molar-refractivity contribution is 6.33. The summed E-state index contributed by atoms with van der Waals surface area (Å²) in [5, 5.41) is 10.4. The smallest absolute Gasteiger partial charge is 0.251 e. The van der Waals surface area contributed by atoms with Crippen molar-refractivity contribution < 1.29 is 14.0 Å². The second-order valence-electron chi connectivity index (χ2n) is 11.5. The van der Waals surface area contributed by atoms with Gasteiger partial charge in [0.1, 0.15) is 17.5 Å². The number of rotatable bonds is 11. The van der Waals surface area contributed by atoms with Crippen LogP contribution in [0, 0.1) is 5.82 Å². The number of hydrogen-bond acceptors (Lipinski definition) is 7. The van der Waals surface area contributed by atoms with Crippen LogP contribution < -0.4 is 21.7 Å². The van der Waals surface area contributed by atoms with Crippen molar-refractivity contribution in [3.63, 3.8) is 0 Å². The number of benzene rings is 2. The van der Waals surface area contributed by atoms with Crippen molar-refractivity contribution in [2.24, 2.45) is 5.73 Å². The zero-order valence-electron chi connectivity index (χ0n) is 26.6. The van der Waals surface area contributed by atoms with Crippen LogP contribution >= 0.6 is 11.6 Å². The largest absolute Gasteiger partial charge is 0.367 e. The van der Waals surface area contributed by atoms with Gasteiger partial charge in [-0.05, 0) is 93.9 Å². The third kappa shape index (κ3) is 11.8. The van der Waals surface area contributed by atoms with Crippen LogP contribution in [-0.4, -0.2) is 59.4 Å². The summed E-state index contributed by atoms with van der Waals surface area (Å²) in [7, 11) is 3.84. The van der Waals surface area contributed by atoms with Crippen molar-refractivity contribution in [3.8, 4) is 11.3 Å². The Morgan fingerprint density at radius 3 is 2.38 bits per heavy atom. The third-order valence-electron chi connectivity index (χ3n) is 7.45. The predicted octanol–water partition coefficient (Wildman–Crippen LogP) is 6.29. The molecule has 0 aliphatic heterocycles. The Balaban J connectivity index is 0.000000488. The van der Waals surface area contributed by atoms with Crippen molar-refractivity contribution in [1.82, 2.24) is 20.2 Å². The molecule has 0 atom stereocenters. The van der Waals surface area contributed by atoms with Crippen molar-refractivity contribution in [1.29, 1.82) is 0 Å². The standard InChI is InChI=1S/C30H29ClFN5O.C6H12N2O/c31-26-19-34-29(35-23-12-14-24(15-13-23)36-30(38)21-7-2-1-3-8-21)17-25(26)27-10-5-11-28(37-27)33-18-20-6-4-9-22(32)16-20;1-8(2)5-3-4-6(7)9/h1-11,16-17,19,23-24H,12-15,18H2,(H,33,37)(H,34,35)(H,36,38);3-4H,5H2,1-2H3,(H2,7,9)/b;4-3+/t23-,24-;. The molecule has 11 heteroatoms. The number of halogens is 2. The minimum Gasteiger partial charge on any atom is -0.367 e. The number of anilines is 2. The van der Waals surface area contributed by atoms with Gasteiger partial charge in [0.2, 0.25) is 5.91 Å². The number of pyridine rings is 2. The maximum absolute atomic E-state index is 13.5. The average Bonchev–Trinajstić information content (AvgIpc) is 3.06. The van der Waals surface area contributed by atoms with Gasteiger partial charge in [0.05, 0.1) is 10.7 Å². The molecule has 47 heavy (non-hydrogen) atoms. The van der Waals surface area contributed by atoms with Gasteiger partial charge >= 0.3 is 0 Å². The van der Waals surface area contributed by atoms with Gasteiger partial charge < -0.3 is 26.6 Å². The lowest BCUT2D eigenvalue weighted by Crippen LogP contribution is -2.40. The molecule has 246 valence electrons. The lowest BCUT2D eigenvalue weighted by molar-refractivity contribution is -0.113. The van der Waals surface area contributed by atoms with Gasteiger partial charge in [0.25, 0.3) is 5.91 Å². The van der Waals surface area contributed by atoms with Crippen molar-refractivity contribution >= 4 is 35.1 Å². The van der Waals surface area contributed by atoms with E-state index in [1.54, 1.807) is 18.3 Å². The van der Waals surface area contributed by atoms with Crippen LogP contribution in [-0.2, 0) is 11.3 Å². The van der Waals surface area contributed by atoms with E-state index < -0.39 is 5.91 Å². The molecule has 0 bridgehead atoms. The molecule has 2 aromatic carbocycles. The Bertz CT molecular complexity index is 1640. The Morgan fingerprint density at radius 2 is 1.68 bits per heavy atom. The Hall–Kier alpha value is -4.80. The molecule has 5 N–H and O–H groups in total. The van der Waals surface area contributed by atoms with Crippen molar-refractivity contribution in [2.45, 2.75) is 44.3 Å². The molecule has 2 aromatic heterocycles. The monoisotopic (exact) mass is 657 g/mol. The number of nitrogens with two attached hydrogens (primary N) is 1. The lowest BCUT2D eigenvalue weighted by atomic mass is 9.91. The fourth-order valence-corrected chi connectivity index (χ4v) is 5.27. The maximum Gasteiger partial charge on any atom is 0.251 e. The normalized spacial score (nSPS) is 15.9. The highest BCUT2D eigenvalue weighted by atomic mass is 35.5. The molecule has 0 radical (unpaired) electrons. The van der Waals surface area contributed by atoms with E-state index in [0.29, 0.717) is 22.9 Å². The number of carbonyl (C=O) groups excluding carboxylic acids is 2. The summed E-state index contributed by atoms with van der Waals surface area (Å²) < 4.78 is 13.5. The first-order valence-corrected chi connectivity index (χ1v) is 15.9. The van der Waals surface area contributed by atoms with E-state index in [4.69, 9.17) is 22.3 Å². The first-order valence-electron chi connectivity index (χ1n) is 15.5. The minimum atomic E-state index is -0.392. The lowest BCUT2D eigenvalue weighted by Gasteiger charge is -2.30. The molecular weight excluding hydrogens is 617 g/mol. The number of primary amides is 1. The van der Waals surface area contributed by atoms with Crippen LogP contribution in [0.15, 0.2) is 97.2 Å².